The van der Waals surface area contributed by atoms with E-state index in [-0.39, 0.29) is 5.41 Å². The summed E-state index contributed by atoms with van der Waals surface area (Å²) in [6.07, 6.45) is 1.93. The molecule has 0 saturated carbocycles. The molecule has 0 amide bonds. The van der Waals surface area contributed by atoms with E-state index in [4.69, 9.17) is 0 Å². The molecule has 0 aromatic heterocycles. The van der Waals surface area contributed by atoms with Gasteiger partial charge in [-0.05, 0) is 32.2 Å². The normalized spacial score (nSPS) is 27.5. The van der Waals surface area contributed by atoms with E-state index in [2.05, 4.69) is 37.4 Å². The first-order valence-electron chi connectivity index (χ1n) is 6.53. The second-order valence-corrected chi connectivity index (χ2v) is 7.85. The molecule has 1 rings (SSSR count). The summed E-state index contributed by atoms with van der Waals surface area (Å²) in [6.45, 7) is 11.5. The minimum absolute atomic E-state index is 0.0538. The van der Waals surface area contributed by atoms with Gasteiger partial charge in [0.05, 0.1) is 5.60 Å². The van der Waals surface area contributed by atoms with Crippen molar-refractivity contribution >= 4 is 11.9 Å². The third-order valence-corrected chi connectivity index (χ3v) is 5.12. The van der Waals surface area contributed by atoms with Gasteiger partial charge in [-0.1, -0.05) is 32.7 Å². The molecule has 1 aliphatic rings. The molecule has 0 aromatic carbocycles. The zero-order valence-corrected chi connectivity index (χ0v) is 12.7. The standard InChI is InChI=1S/C13H28N2OS/c1-12(2,3)13(4,16)7-6-11-10-14-8-9-15(5)17-11/h11,14,16H,6-10H2,1-5H3/t11-,13?/m0/s1. The maximum Gasteiger partial charge on any atom is 0.0668 e. The Hall–Kier alpha value is 0.230. The molecule has 1 heterocycles. The van der Waals surface area contributed by atoms with Crippen LogP contribution in [0.1, 0.15) is 40.5 Å². The SMILES string of the molecule is CN1CCNC[C@H](CCC(C)(O)C(C)(C)C)S1. The lowest BCUT2D eigenvalue weighted by molar-refractivity contribution is -0.0492. The molecule has 0 radical (unpaired) electrons. The molecular weight excluding hydrogens is 232 g/mol. The van der Waals surface area contributed by atoms with Crippen molar-refractivity contribution in [3.05, 3.63) is 0 Å². The summed E-state index contributed by atoms with van der Waals surface area (Å²) < 4.78 is 2.30. The van der Waals surface area contributed by atoms with Gasteiger partial charge in [-0.15, -0.1) is 0 Å². The summed E-state index contributed by atoms with van der Waals surface area (Å²) in [5.74, 6) is 0. The lowest BCUT2D eigenvalue weighted by Gasteiger charge is -2.38. The predicted molar refractivity (Wildman–Crippen MR) is 76.2 cm³/mol. The molecule has 4 heteroatoms. The van der Waals surface area contributed by atoms with Crippen LogP contribution in [-0.2, 0) is 0 Å². The van der Waals surface area contributed by atoms with E-state index in [1.54, 1.807) is 0 Å². The number of nitrogens with zero attached hydrogens (tertiary/aromatic N) is 1. The summed E-state index contributed by atoms with van der Waals surface area (Å²) in [5, 5.41) is 14.5. The van der Waals surface area contributed by atoms with Crippen molar-refractivity contribution in [1.82, 2.24) is 9.62 Å². The maximum atomic E-state index is 10.5. The van der Waals surface area contributed by atoms with E-state index in [9.17, 15) is 5.11 Å². The Bertz CT molecular complexity index is 238. The smallest absolute Gasteiger partial charge is 0.0668 e. The number of nitrogens with one attached hydrogen (secondary N) is 1. The number of rotatable bonds is 3. The van der Waals surface area contributed by atoms with Gasteiger partial charge in [-0.3, -0.25) is 4.31 Å². The summed E-state index contributed by atoms with van der Waals surface area (Å²) >= 11 is 1.92. The Labute approximate surface area is 110 Å². The molecule has 1 aliphatic heterocycles. The summed E-state index contributed by atoms with van der Waals surface area (Å²) in [5.41, 5.74) is -0.639. The number of aliphatic hydroxyl groups is 1. The van der Waals surface area contributed by atoms with Gasteiger partial charge in [-0.25, -0.2) is 0 Å². The van der Waals surface area contributed by atoms with Crippen LogP contribution >= 0.6 is 11.9 Å². The molecule has 102 valence electrons. The van der Waals surface area contributed by atoms with Crippen molar-refractivity contribution in [3.8, 4) is 0 Å². The Morgan fingerprint density at radius 3 is 2.59 bits per heavy atom. The lowest BCUT2D eigenvalue weighted by Crippen LogP contribution is -2.40. The highest BCUT2D eigenvalue weighted by atomic mass is 32.2. The third-order valence-electron chi connectivity index (χ3n) is 3.87. The number of likely N-dealkylation sites (N-methyl/N-ethyl adjacent to an activating group) is 1. The minimum atomic E-state index is -0.585. The quantitative estimate of drug-likeness (QED) is 0.762. The highest BCUT2D eigenvalue weighted by Crippen LogP contribution is 2.35. The van der Waals surface area contributed by atoms with Crippen LogP contribution < -0.4 is 5.32 Å². The molecule has 17 heavy (non-hydrogen) atoms. The summed E-state index contributed by atoms with van der Waals surface area (Å²) in [6, 6.07) is 0. The van der Waals surface area contributed by atoms with Crippen LogP contribution in [0.3, 0.4) is 0 Å². The lowest BCUT2D eigenvalue weighted by atomic mass is 9.75. The number of hydrogen-bond acceptors (Lipinski definition) is 4. The van der Waals surface area contributed by atoms with E-state index < -0.39 is 5.60 Å². The average molecular weight is 260 g/mol. The molecule has 0 aromatic rings. The first kappa shape index (κ1) is 15.3. The highest BCUT2D eigenvalue weighted by molar-refractivity contribution is 7.97. The monoisotopic (exact) mass is 260 g/mol. The fraction of sp³-hybridized carbons (Fsp3) is 1.00. The van der Waals surface area contributed by atoms with Gasteiger partial charge in [0.15, 0.2) is 0 Å². The Kier molecular flexibility index (Phi) is 5.32. The molecule has 0 bridgehead atoms. The van der Waals surface area contributed by atoms with Crippen molar-refractivity contribution in [2.45, 2.75) is 51.4 Å². The van der Waals surface area contributed by atoms with Gasteiger partial charge in [0, 0.05) is 24.9 Å². The van der Waals surface area contributed by atoms with Crippen molar-refractivity contribution < 1.29 is 5.11 Å². The molecule has 0 aliphatic carbocycles. The third kappa shape index (κ3) is 4.78. The zero-order valence-electron chi connectivity index (χ0n) is 11.9. The summed E-state index contributed by atoms with van der Waals surface area (Å²) in [7, 11) is 2.15. The molecule has 2 N–H and O–H groups in total. The number of hydrogen-bond donors (Lipinski definition) is 2. The fourth-order valence-electron chi connectivity index (χ4n) is 1.82. The van der Waals surface area contributed by atoms with Crippen LogP contribution in [-0.4, -0.2) is 46.9 Å². The minimum Gasteiger partial charge on any atom is -0.390 e. The summed E-state index contributed by atoms with van der Waals surface area (Å²) in [4.78, 5) is 0. The van der Waals surface area contributed by atoms with E-state index in [1.165, 1.54) is 0 Å². The Morgan fingerprint density at radius 1 is 1.35 bits per heavy atom. The Balaban J connectivity index is 2.44. The molecule has 0 spiro atoms. The fourth-order valence-corrected chi connectivity index (χ4v) is 2.94. The Morgan fingerprint density at radius 2 is 2.00 bits per heavy atom. The second-order valence-electron chi connectivity index (χ2n) is 6.35. The zero-order chi connectivity index (χ0) is 13.1. The van der Waals surface area contributed by atoms with Crippen LogP contribution in [0.25, 0.3) is 0 Å². The van der Waals surface area contributed by atoms with Gasteiger partial charge in [0.25, 0.3) is 0 Å². The molecule has 2 atom stereocenters. The van der Waals surface area contributed by atoms with Crippen LogP contribution in [0.4, 0.5) is 0 Å². The van der Waals surface area contributed by atoms with Gasteiger partial charge in [0.1, 0.15) is 0 Å². The molecule has 3 nitrogen and oxygen atoms in total. The molecule has 1 fully saturated rings. The van der Waals surface area contributed by atoms with Crippen LogP contribution in [0, 0.1) is 5.41 Å². The van der Waals surface area contributed by atoms with Crippen molar-refractivity contribution in [2.75, 3.05) is 26.7 Å². The van der Waals surface area contributed by atoms with Crippen LogP contribution in [0.5, 0.6) is 0 Å². The maximum absolute atomic E-state index is 10.5. The van der Waals surface area contributed by atoms with Gasteiger partial charge in [-0.2, -0.15) is 0 Å². The van der Waals surface area contributed by atoms with Crippen molar-refractivity contribution in [2.24, 2.45) is 5.41 Å². The second kappa shape index (κ2) is 5.91. The first-order valence-corrected chi connectivity index (χ1v) is 7.37. The van der Waals surface area contributed by atoms with Gasteiger partial charge >= 0.3 is 0 Å². The van der Waals surface area contributed by atoms with E-state index in [0.29, 0.717) is 5.25 Å². The van der Waals surface area contributed by atoms with E-state index in [0.717, 1.165) is 32.5 Å². The van der Waals surface area contributed by atoms with Crippen LogP contribution in [0.2, 0.25) is 0 Å². The van der Waals surface area contributed by atoms with Crippen molar-refractivity contribution in [3.63, 3.8) is 0 Å². The predicted octanol–water partition coefficient (Wildman–Crippen LogP) is 2.12. The first-order chi connectivity index (χ1) is 7.72. The van der Waals surface area contributed by atoms with Crippen molar-refractivity contribution in [1.29, 1.82) is 0 Å². The molecule has 1 saturated heterocycles. The van der Waals surface area contributed by atoms with Crippen LogP contribution in [0.15, 0.2) is 0 Å². The van der Waals surface area contributed by atoms with E-state index >= 15 is 0 Å². The molecular formula is C13H28N2OS. The largest absolute Gasteiger partial charge is 0.390 e. The molecule has 1 unspecified atom stereocenters. The van der Waals surface area contributed by atoms with Gasteiger partial charge < -0.3 is 10.4 Å². The van der Waals surface area contributed by atoms with Gasteiger partial charge in [0.2, 0.25) is 0 Å². The van der Waals surface area contributed by atoms with E-state index in [1.807, 2.05) is 18.9 Å². The topological polar surface area (TPSA) is 35.5 Å². The highest BCUT2D eigenvalue weighted by Gasteiger charge is 2.35. The average Bonchev–Trinajstić information content (AvgIpc) is 2.38.